The molecule has 1 heterocycles. The fourth-order valence-corrected chi connectivity index (χ4v) is 1.93. The number of aromatic nitrogens is 2. The van der Waals surface area contributed by atoms with E-state index in [0.29, 0.717) is 11.8 Å². The predicted molar refractivity (Wildman–Crippen MR) is 76.7 cm³/mol. The van der Waals surface area contributed by atoms with E-state index in [-0.39, 0.29) is 0 Å². The summed E-state index contributed by atoms with van der Waals surface area (Å²) < 4.78 is 0. The van der Waals surface area contributed by atoms with Gasteiger partial charge in [0.15, 0.2) is 0 Å². The molecule has 1 aromatic rings. The van der Waals surface area contributed by atoms with E-state index in [2.05, 4.69) is 47.9 Å². The number of nitrogens with one attached hydrogen (secondary N) is 1. The molecule has 0 unspecified atom stereocenters. The second kappa shape index (κ2) is 7.31. The second-order valence-corrected chi connectivity index (χ2v) is 5.59. The van der Waals surface area contributed by atoms with Gasteiger partial charge in [0.1, 0.15) is 5.82 Å². The van der Waals surface area contributed by atoms with Crippen LogP contribution in [-0.4, -0.2) is 30.1 Å². The molecule has 102 valence electrons. The summed E-state index contributed by atoms with van der Waals surface area (Å²) in [6.45, 7) is 11.7. The minimum atomic E-state index is 0.627. The van der Waals surface area contributed by atoms with Gasteiger partial charge in [0, 0.05) is 19.6 Å². The number of anilines is 1. The minimum Gasteiger partial charge on any atom is -0.355 e. The molecule has 0 bridgehead atoms. The van der Waals surface area contributed by atoms with Crippen molar-refractivity contribution in [1.29, 1.82) is 0 Å². The molecule has 4 heteroatoms. The topological polar surface area (TPSA) is 41.1 Å². The van der Waals surface area contributed by atoms with Crippen LogP contribution in [0.5, 0.6) is 0 Å². The van der Waals surface area contributed by atoms with E-state index in [1.807, 2.05) is 19.4 Å². The first kappa shape index (κ1) is 14.9. The van der Waals surface area contributed by atoms with Crippen LogP contribution in [0.1, 0.15) is 33.4 Å². The van der Waals surface area contributed by atoms with Gasteiger partial charge in [-0.25, -0.2) is 4.98 Å². The van der Waals surface area contributed by atoms with Gasteiger partial charge in [-0.1, -0.05) is 27.7 Å². The molecule has 0 aliphatic rings. The standard InChI is InChI=1S/C14H26N4/c1-11(2)9-18(10-12(3)4)14-8-16-13(6-15-5)7-17-14/h7-8,11-12,15H,6,9-10H2,1-5H3. The van der Waals surface area contributed by atoms with E-state index in [4.69, 9.17) is 0 Å². The van der Waals surface area contributed by atoms with Crippen LogP contribution in [0.15, 0.2) is 12.4 Å². The fraction of sp³-hybridized carbons (Fsp3) is 0.714. The summed E-state index contributed by atoms with van der Waals surface area (Å²) in [6, 6.07) is 0. The van der Waals surface area contributed by atoms with E-state index >= 15 is 0 Å². The van der Waals surface area contributed by atoms with E-state index in [0.717, 1.165) is 31.1 Å². The summed E-state index contributed by atoms with van der Waals surface area (Å²) in [5, 5.41) is 3.08. The number of hydrogen-bond acceptors (Lipinski definition) is 4. The lowest BCUT2D eigenvalue weighted by Gasteiger charge is -2.27. The van der Waals surface area contributed by atoms with Gasteiger partial charge in [0.2, 0.25) is 0 Å². The molecule has 4 nitrogen and oxygen atoms in total. The second-order valence-electron chi connectivity index (χ2n) is 5.59. The van der Waals surface area contributed by atoms with Crippen molar-refractivity contribution in [1.82, 2.24) is 15.3 Å². The van der Waals surface area contributed by atoms with Gasteiger partial charge in [0.25, 0.3) is 0 Å². The Morgan fingerprint density at radius 2 is 1.67 bits per heavy atom. The van der Waals surface area contributed by atoms with Crippen molar-refractivity contribution < 1.29 is 0 Å². The van der Waals surface area contributed by atoms with Gasteiger partial charge < -0.3 is 10.2 Å². The van der Waals surface area contributed by atoms with Crippen LogP contribution >= 0.6 is 0 Å². The average molecular weight is 250 g/mol. The van der Waals surface area contributed by atoms with Crippen LogP contribution in [0.25, 0.3) is 0 Å². The fourth-order valence-electron chi connectivity index (χ4n) is 1.93. The van der Waals surface area contributed by atoms with Crippen molar-refractivity contribution in [3.8, 4) is 0 Å². The molecule has 18 heavy (non-hydrogen) atoms. The summed E-state index contributed by atoms with van der Waals surface area (Å²) in [7, 11) is 1.92. The maximum absolute atomic E-state index is 4.53. The molecule has 0 atom stereocenters. The molecule has 0 saturated carbocycles. The predicted octanol–water partition coefficient (Wildman–Crippen LogP) is 2.31. The van der Waals surface area contributed by atoms with Crippen molar-refractivity contribution >= 4 is 5.82 Å². The first-order chi connectivity index (χ1) is 8.52. The van der Waals surface area contributed by atoms with Crippen LogP contribution in [-0.2, 0) is 6.54 Å². The Balaban J connectivity index is 2.77. The van der Waals surface area contributed by atoms with Crippen LogP contribution in [0.2, 0.25) is 0 Å². The van der Waals surface area contributed by atoms with E-state index in [9.17, 15) is 0 Å². The summed E-state index contributed by atoms with van der Waals surface area (Å²) in [5.41, 5.74) is 0.982. The van der Waals surface area contributed by atoms with E-state index in [1.54, 1.807) is 0 Å². The van der Waals surface area contributed by atoms with Crippen LogP contribution in [0.4, 0.5) is 5.82 Å². The highest BCUT2D eigenvalue weighted by Crippen LogP contribution is 2.13. The van der Waals surface area contributed by atoms with Crippen molar-refractivity contribution in [2.45, 2.75) is 34.2 Å². The highest BCUT2D eigenvalue weighted by molar-refractivity contribution is 5.35. The maximum atomic E-state index is 4.53. The molecule has 0 aromatic carbocycles. The van der Waals surface area contributed by atoms with Gasteiger partial charge in [-0.3, -0.25) is 4.98 Å². The molecule has 0 fully saturated rings. The Morgan fingerprint density at radius 1 is 1.06 bits per heavy atom. The Hall–Kier alpha value is -1.16. The lowest BCUT2D eigenvalue weighted by atomic mass is 10.1. The Labute approximate surface area is 111 Å². The normalized spacial score (nSPS) is 11.3. The monoisotopic (exact) mass is 250 g/mol. The van der Waals surface area contributed by atoms with E-state index in [1.165, 1.54) is 0 Å². The first-order valence-corrected chi connectivity index (χ1v) is 6.73. The molecular formula is C14H26N4. The van der Waals surface area contributed by atoms with Crippen molar-refractivity contribution in [2.75, 3.05) is 25.0 Å². The van der Waals surface area contributed by atoms with Crippen molar-refractivity contribution in [3.63, 3.8) is 0 Å². The molecule has 0 spiro atoms. The number of hydrogen-bond donors (Lipinski definition) is 1. The van der Waals surface area contributed by atoms with Gasteiger partial charge in [-0.2, -0.15) is 0 Å². The molecule has 1 N–H and O–H groups in total. The Morgan fingerprint density at radius 3 is 2.06 bits per heavy atom. The van der Waals surface area contributed by atoms with Gasteiger partial charge in [-0.15, -0.1) is 0 Å². The molecule has 0 aliphatic carbocycles. The SMILES string of the molecule is CNCc1cnc(N(CC(C)C)CC(C)C)cn1. The number of nitrogens with zero attached hydrogens (tertiary/aromatic N) is 3. The lowest BCUT2D eigenvalue weighted by molar-refractivity contribution is 0.548. The molecule has 1 rings (SSSR count). The maximum Gasteiger partial charge on any atom is 0.147 e. The number of rotatable bonds is 7. The summed E-state index contributed by atoms with van der Waals surface area (Å²) in [6.07, 6.45) is 3.75. The molecular weight excluding hydrogens is 224 g/mol. The Bertz CT molecular complexity index is 322. The molecule has 0 aliphatic heterocycles. The van der Waals surface area contributed by atoms with Gasteiger partial charge in [0.05, 0.1) is 18.1 Å². The summed E-state index contributed by atoms with van der Waals surface area (Å²) >= 11 is 0. The van der Waals surface area contributed by atoms with Crippen molar-refractivity contribution in [2.24, 2.45) is 11.8 Å². The molecule has 0 radical (unpaired) electrons. The highest BCUT2D eigenvalue weighted by Gasteiger charge is 2.12. The highest BCUT2D eigenvalue weighted by atomic mass is 15.2. The minimum absolute atomic E-state index is 0.627. The quantitative estimate of drug-likeness (QED) is 0.806. The van der Waals surface area contributed by atoms with Crippen LogP contribution in [0.3, 0.4) is 0 Å². The van der Waals surface area contributed by atoms with Gasteiger partial charge >= 0.3 is 0 Å². The zero-order valence-corrected chi connectivity index (χ0v) is 12.3. The van der Waals surface area contributed by atoms with Crippen molar-refractivity contribution in [3.05, 3.63) is 18.1 Å². The summed E-state index contributed by atoms with van der Waals surface area (Å²) in [4.78, 5) is 11.3. The lowest BCUT2D eigenvalue weighted by Crippen LogP contribution is -2.32. The third-order valence-corrected chi connectivity index (χ3v) is 2.54. The molecule has 0 amide bonds. The molecule has 1 aromatic heterocycles. The smallest absolute Gasteiger partial charge is 0.147 e. The van der Waals surface area contributed by atoms with Gasteiger partial charge in [-0.05, 0) is 18.9 Å². The zero-order valence-electron chi connectivity index (χ0n) is 12.3. The van der Waals surface area contributed by atoms with Crippen LogP contribution < -0.4 is 10.2 Å². The summed E-state index contributed by atoms with van der Waals surface area (Å²) in [5.74, 6) is 2.24. The van der Waals surface area contributed by atoms with Crippen LogP contribution in [0, 0.1) is 11.8 Å². The Kier molecular flexibility index (Phi) is 6.05. The largest absolute Gasteiger partial charge is 0.355 e. The third kappa shape index (κ3) is 5.00. The van der Waals surface area contributed by atoms with E-state index < -0.39 is 0 Å². The molecule has 0 saturated heterocycles. The average Bonchev–Trinajstić information content (AvgIpc) is 2.28. The zero-order chi connectivity index (χ0) is 13.5. The first-order valence-electron chi connectivity index (χ1n) is 6.73. The third-order valence-electron chi connectivity index (χ3n) is 2.54.